The largest absolute Gasteiger partial charge is 0.497 e. The molecular weight excluding hydrogens is 394 g/mol. The van der Waals surface area contributed by atoms with E-state index in [2.05, 4.69) is 29.4 Å². The molecule has 164 valence electrons. The quantitative estimate of drug-likeness (QED) is 0.630. The van der Waals surface area contributed by atoms with Crippen molar-refractivity contribution in [3.8, 4) is 5.75 Å². The van der Waals surface area contributed by atoms with E-state index < -0.39 is 12.0 Å². The highest BCUT2D eigenvalue weighted by molar-refractivity contribution is 5.95. The molecule has 1 atom stereocenters. The van der Waals surface area contributed by atoms with Crippen LogP contribution in [0.15, 0.2) is 59.8 Å². The number of esters is 1. The Labute approximate surface area is 183 Å². The fourth-order valence-electron chi connectivity index (χ4n) is 3.63. The van der Waals surface area contributed by atoms with Gasteiger partial charge in [0.05, 0.1) is 18.7 Å². The molecule has 2 aromatic rings. The van der Waals surface area contributed by atoms with E-state index in [1.54, 1.807) is 14.0 Å². The molecule has 0 bridgehead atoms. The summed E-state index contributed by atoms with van der Waals surface area (Å²) in [5.41, 5.74) is 3.64. The Hall–Kier alpha value is -3.48. The fourth-order valence-corrected chi connectivity index (χ4v) is 3.63. The molecule has 7 nitrogen and oxygen atoms in total. The van der Waals surface area contributed by atoms with E-state index >= 15 is 0 Å². The number of ether oxygens (including phenoxy) is 2. The summed E-state index contributed by atoms with van der Waals surface area (Å²) in [6.07, 6.45) is 0. The highest BCUT2D eigenvalue weighted by Crippen LogP contribution is 2.29. The van der Waals surface area contributed by atoms with Crippen molar-refractivity contribution < 1.29 is 19.1 Å². The van der Waals surface area contributed by atoms with Crippen molar-refractivity contribution in [1.29, 1.82) is 0 Å². The number of benzene rings is 2. The molecule has 31 heavy (non-hydrogen) atoms. The van der Waals surface area contributed by atoms with Gasteiger partial charge in [-0.25, -0.2) is 9.59 Å². The Bertz CT molecular complexity index is 948. The molecule has 0 aromatic heterocycles. The van der Waals surface area contributed by atoms with Crippen LogP contribution < -0.4 is 20.3 Å². The number of methoxy groups -OCH3 is 1. The maximum atomic E-state index is 13.0. The minimum Gasteiger partial charge on any atom is -0.497 e. The molecule has 0 aliphatic carbocycles. The first-order valence-electron chi connectivity index (χ1n) is 10.4. The second-order valence-electron chi connectivity index (χ2n) is 7.26. The molecule has 2 aromatic carbocycles. The summed E-state index contributed by atoms with van der Waals surface area (Å²) in [5, 5.41) is 5.52. The van der Waals surface area contributed by atoms with E-state index in [0.717, 1.165) is 35.7 Å². The van der Waals surface area contributed by atoms with Gasteiger partial charge < -0.3 is 25.0 Å². The number of nitrogens with zero attached hydrogens (tertiary/aromatic N) is 1. The second kappa shape index (κ2) is 10.0. The van der Waals surface area contributed by atoms with Gasteiger partial charge in [-0.2, -0.15) is 0 Å². The molecule has 1 unspecified atom stereocenters. The summed E-state index contributed by atoms with van der Waals surface area (Å²) in [6, 6.07) is 14.3. The topological polar surface area (TPSA) is 79.9 Å². The Kier molecular flexibility index (Phi) is 7.18. The van der Waals surface area contributed by atoms with Crippen molar-refractivity contribution in [1.82, 2.24) is 10.6 Å². The summed E-state index contributed by atoms with van der Waals surface area (Å²) < 4.78 is 10.7. The van der Waals surface area contributed by atoms with Gasteiger partial charge in [-0.05, 0) is 56.2 Å². The van der Waals surface area contributed by atoms with Crippen molar-refractivity contribution in [2.75, 3.05) is 25.1 Å². The molecule has 0 spiro atoms. The highest BCUT2D eigenvalue weighted by atomic mass is 16.5. The zero-order valence-electron chi connectivity index (χ0n) is 18.4. The van der Waals surface area contributed by atoms with Crippen LogP contribution in [0.1, 0.15) is 37.9 Å². The number of hydrogen-bond acceptors (Lipinski definition) is 5. The Balaban J connectivity index is 1.79. The Morgan fingerprint density at radius 1 is 1.03 bits per heavy atom. The first kappa shape index (κ1) is 22.2. The third-order valence-corrected chi connectivity index (χ3v) is 5.37. The van der Waals surface area contributed by atoms with Crippen molar-refractivity contribution in [3.63, 3.8) is 0 Å². The minimum absolute atomic E-state index is 0.126. The molecule has 1 aliphatic heterocycles. The third kappa shape index (κ3) is 5.17. The Morgan fingerprint density at radius 2 is 1.68 bits per heavy atom. The maximum Gasteiger partial charge on any atom is 0.338 e. The van der Waals surface area contributed by atoms with Gasteiger partial charge in [-0.1, -0.05) is 24.3 Å². The molecule has 2 amide bonds. The number of urea groups is 1. The number of amides is 2. The van der Waals surface area contributed by atoms with E-state index in [4.69, 9.17) is 9.47 Å². The van der Waals surface area contributed by atoms with E-state index in [0.29, 0.717) is 11.3 Å². The van der Waals surface area contributed by atoms with E-state index in [1.807, 2.05) is 48.5 Å². The van der Waals surface area contributed by atoms with Gasteiger partial charge in [0.25, 0.3) is 0 Å². The van der Waals surface area contributed by atoms with Crippen LogP contribution in [0, 0.1) is 0 Å². The zero-order valence-corrected chi connectivity index (χ0v) is 18.4. The van der Waals surface area contributed by atoms with Crippen molar-refractivity contribution in [2.45, 2.75) is 33.4 Å². The maximum absolute atomic E-state index is 13.0. The lowest BCUT2D eigenvalue weighted by Gasteiger charge is -2.29. The summed E-state index contributed by atoms with van der Waals surface area (Å²) in [7, 11) is 1.60. The standard InChI is InChI=1S/C24H29N3O4/c1-5-27(6-2)19-11-9-18(10-12-19)22-21(16(3)25-24(29)26-22)23(28)31-15-17-7-13-20(30-4)14-8-17/h7-14,22H,5-6,15H2,1-4H3,(H2,25,26,29). The van der Waals surface area contributed by atoms with Gasteiger partial charge in [0.2, 0.25) is 0 Å². The lowest BCUT2D eigenvalue weighted by molar-refractivity contribution is -0.140. The molecule has 0 saturated heterocycles. The average Bonchev–Trinajstić information content (AvgIpc) is 2.78. The molecule has 0 fully saturated rings. The smallest absolute Gasteiger partial charge is 0.338 e. The first-order valence-corrected chi connectivity index (χ1v) is 10.4. The van der Waals surface area contributed by atoms with Crippen LogP contribution in [0.5, 0.6) is 5.75 Å². The van der Waals surface area contributed by atoms with Crippen molar-refractivity contribution >= 4 is 17.7 Å². The van der Waals surface area contributed by atoms with Crippen LogP contribution in [0.3, 0.4) is 0 Å². The SMILES string of the molecule is CCN(CC)c1ccc(C2NC(=O)NC(C)=C2C(=O)OCc2ccc(OC)cc2)cc1. The number of carbonyl (C=O) groups is 2. The molecule has 2 N–H and O–H groups in total. The van der Waals surface area contributed by atoms with E-state index in [1.165, 1.54) is 0 Å². The first-order chi connectivity index (χ1) is 15.0. The summed E-state index contributed by atoms with van der Waals surface area (Å²) in [5.74, 6) is 0.264. The molecule has 0 saturated carbocycles. The van der Waals surface area contributed by atoms with Crippen LogP contribution in [-0.4, -0.2) is 32.2 Å². The summed E-state index contributed by atoms with van der Waals surface area (Å²) >= 11 is 0. The highest BCUT2D eigenvalue weighted by Gasteiger charge is 2.32. The van der Waals surface area contributed by atoms with Gasteiger partial charge in [-0.15, -0.1) is 0 Å². The molecule has 1 heterocycles. The molecule has 1 aliphatic rings. The van der Waals surface area contributed by atoms with Crippen LogP contribution in [0.2, 0.25) is 0 Å². The lowest BCUT2D eigenvalue weighted by atomic mass is 9.95. The van der Waals surface area contributed by atoms with Crippen LogP contribution in [0.4, 0.5) is 10.5 Å². The second-order valence-corrected chi connectivity index (χ2v) is 7.26. The minimum atomic E-state index is -0.581. The average molecular weight is 424 g/mol. The third-order valence-electron chi connectivity index (χ3n) is 5.37. The fraction of sp³-hybridized carbons (Fsp3) is 0.333. The number of hydrogen-bond donors (Lipinski definition) is 2. The molecule has 3 rings (SSSR count). The van der Waals surface area contributed by atoms with Crippen LogP contribution in [0.25, 0.3) is 0 Å². The van der Waals surface area contributed by atoms with Gasteiger partial charge >= 0.3 is 12.0 Å². The van der Waals surface area contributed by atoms with Crippen LogP contribution in [-0.2, 0) is 16.1 Å². The Morgan fingerprint density at radius 3 is 2.26 bits per heavy atom. The molecule has 0 radical (unpaired) electrons. The summed E-state index contributed by atoms with van der Waals surface area (Å²) in [4.78, 5) is 27.3. The zero-order chi connectivity index (χ0) is 22.4. The van der Waals surface area contributed by atoms with Gasteiger partial charge in [0.15, 0.2) is 0 Å². The normalized spacial score (nSPS) is 15.7. The van der Waals surface area contributed by atoms with Crippen molar-refractivity contribution in [3.05, 3.63) is 70.9 Å². The monoisotopic (exact) mass is 423 g/mol. The van der Waals surface area contributed by atoms with Crippen molar-refractivity contribution in [2.24, 2.45) is 0 Å². The number of carbonyl (C=O) groups excluding carboxylic acids is 2. The number of rotatable bonds is 8. The van der Waals surface area contributed by atoms with Crippen LogP contribution >= 0.6 is 0 Å². The van der Waals surface area contributed by atoms with Gasteiger partial charge in [-0.3, -0.25) is 0 Å². The van der Waals surface area contributed by atoms with E-state index in [-0.39, 0.29) is 12.6 Å². The summed E-state index contributed by atoms with van der Waals surface area (Å²) in [6.45, 7) is 7.85. The molecular formula is C24H29N3O4. The van der Waals surface area contributed by atoms with E-state index in [9.17, 15) is 9.59 Å². The predicted molar refractivity (Wildman–Crippen MR) is 120 cm³/mol. The molecule has 7 heteroatoms. The van der Waals surface area contributed by atoms with Gasteiger partial charge in [0, 0.05) is 24.5 Å². The van der Waals surface area contributed by atoms with Gasteiger partial charge in [0.1, 0.15) is 12.4 Å². The predicted octanol–water partition coefficient (Wildman–Crippen LogP) is 3.91. The number of nitrogens with one attached hydrogen (secondary N) is 2. The number of anilines is 1. The number of allylic oxidation sites excluding steroid dienone is 1. The lowest BCUT2D eigenvalue weighted by Crippen LogP contribution is -2.45.